The molecule has 0 radical (unpaired) electrons. The highest BCUT2D eigenvalue weighted by molar-refractivity contribution is 7.82. The highest BCUT2D eigenvalue weighted by Gasteiger charge is 2.39. The third kappa shape index (κ3) is 5.80. The monoisotopic (exact) mass is 449 g/mol. The molecule has 0 spiro atoms. The van der Waals surface area contributed by atoms with E-state index in [9.17, 15) is 9.00 Å². The van der Waals surface area contributed by atoms with Crippen LogP contribution in [-0.4, -0.2) is 45.0 Å². The number of alkyl carbamates (subject to hydrolysis) is 1. The van der Waals surface area contributed by atoms with Crippen molar-refractivity contribution >= 4 is 28.7 Å². The lowest BCUT2D eigenvalue weighted by Gasteiger charge is -2.40. The maximum atomic E-state index is 12.4. The molecular weight excluding hydrogens is 422 g/mol. The Morgan fingerprint density at radius 2 is 1.97 bits per heavy atom. The lowest BCUT2D eigenvalue weighted by atomic mass is 9.75. The Balaban J connectivity index is 1.62. The van der Waals surface area contributed by atoms with Crippen LogP contribution in [0.25, 0.3) is 0 Å². The molecule has 1 atom stereocenters. The molecule has 0 saturated carbocycles. The van der Waals surface area contributed by atoms with Gasteiger partial charge in [-0.2, -0.15) is 0 Å². The van der Waals surface area contributed by atoms with Gasteiger partial charge in [-0.15, -0.1) is 0 Å². The second kappa shape index (κ2) is 10.9. The average molecular weight is 450 g/mol. The number of amides is 1. The number of piperidine rings is 1. The number of benzene rings is 1. The molecule has 8 heteroatoms. The molecule has 162 valence electrons. The highest BCUT2D eigenvalue weighted by Crippen LogP contribution is 2.34. The first-order chi connectivity index (χ1) is 14.5. The number of carbonyl (C=O) groups is 1. The van der Waals surface area contributed by atoms with Crippen molar-refractivity contribution in [3.8, 4) is 0 Å². The number of aromatic nitrogens is 1. The van der Waals surface area contributed by atoms with Crippen LogP contribution >= 0.6 is 11.6 Å². The number of pyridine rings is 1. The van der Waals surface area contributed by atoms with Crippen LogP contribution < -0.4 is 5.32 Å². The first-order valence-electron chi connectivity index (χ1n) is 10.2. The summed E-state index contributed by atoms with van der Waals surface area (Å²) in [5, 5.41) is 3.48. The Labute approximate surface area is 185 Å². The fraction of sp³-hybridized carbons (Fsp3) is 0.455. The van der Waals surface area contributed by atoms with Crippen molar-refractivity contribution in [3.05, 3.63) is 64.9 Å². The van der Waals surface area contributed by atoms with Crippen LogP contribution in [0.4, 0.5) is 4.79 Å². The SMILES string of the molecule is CCCS(=O)N1CCC(CNC(=O)OCc2ccccc2Cl)(c2ccccn2)CC1. The zero-order valence-electron chi connectivity index (χ0n) is 17.2. The van der Waals surface area contributed by atoms with E-state index in [1.165, 1.54) is 0 Å². The van der Waals surface area contributed by atoms with Crippen LogP contribution in [0.15, 0.2) is 48.7 Å². The van der Waals surface area contributed by atoms with E-state index in [2.05, 4.69) is 10.3 Å². The van der Waals surface area contributed by atoms with E-state index >= 15 is 0 Å². The summed E-state index contributed by atoms with van der Waals surface area (Å²) < 4.78 is 19.8. The summed E-state index contributed by atoms with van der Waals surface area (Å²) in [4.78, 5) is 16.9. The largest absolute Gasteiger partial charge is 0.445 e. The van der Waals surface area contributed by atoms with E-state index in [4.69, 9.17) is 16.3 Å². The van der Waals surface area contributed by atoms with Gasteiger partial charge in [-0.3, -0.25) is 4.98 Å². The van der Waals surface area contributed by atoms with Gasteiger partial charge in [0.25, 0.3) is 0 Å². The van der Waals surface area contributed by atoms with Crippen LogP contribution in [0.1, 0.15) is 37.4 Å². The van der Waals surface area contributed by atoms with E-state index in [0.29, 0.717) is 30.4 Å². The van der Waals surface area contributed by atoms with E-state index in [0.717, 1.165) is 30.5 Å². The van der Waals surface area contributed by atoms with Gasteiger partial charge in [-0.25, -0.2) is 13.3 Å². The first kappa shape index (κ1) is 22.7. The van der Waals surface area contributed by atoms with Gasteiger partial charge in [0.05, 0.1) is 11.0 Å². The molecule has 1 aromatic carbocycles. The molecule has 1 aliphatic heterocycles. The molecule has 1 fully saturated rings. The fourth-order valence-electron chi connectivity index (χ4n) is 3.67. The molecule has 2 aromatic rings. The predicted molar refractivity (Wildman–Crippen MR) is 120 cm³/mol. The van der Waals surface area contributed by atoms with Gasteiger partial charge in [0.2, 0.25) is 0 Å². The molecule has 6 nitrogen and oxygen atoms in total. The summed E-state index contributed by atoms with van der Waals surface area (Å²) >= 11 is 6.12. The zero-order chi connectivity index (χ0) is 21.4. The Kier molecular flexibility index (Phi) is 8.24. The summed E-state index contributed by atoms with van der Waals surface area (Å²) in [6, 6.07) is 13.1. The molecule has 1 aromatic heterocycles. The number of hydrogen-bond donors (Lipinski definition) is 1. The number of ether oxygens (including phenoxy) is 1. The molecule has 1 amide bonds. The second-order valence-electron chi connectivity index (χ2n) is 7.47. The average Bonchev–Trinajstić information content (AvgIpc) is 2.78. The quantitative estimate of drug-likeness (QED) is 0.659. The molecule has 1 N–H and O–H groups in total. The van der Waals surface area contributed by atoms with Crippen molar-refractivity contribution in [2.75, 3.05) is 25.4 Å². The first-order valence-corrected chi connectivity index (χ1v) is 11.9. The lowest BCUT2D eigenvalue weighted by Crippen LogP contribution is -2.50. The molecule has 30 heavy (non-hydrogen) atoms. The van der Waals surface area contributed by atoms with E-state index in [-0.39, 0.29) is 12.0 Å². The summed E-state index contributed by atoms with van der Waals surface area (Å²) in [6.07, 6.45) is 3.72. The standard InChI is InChI=1S/C22H28ClN3O3S/c1-2-15-30(28)26-13-10-22(11-14-26,20-9-5-6-12-24-20)17-25-21(27)29-16-18-7-3-4-8-19(18)23/h3-9,12H,2,10-11,13-17H2,1H3,(H,25,27). The topological polar surface area (TPSA) is 71.5 Å². The van der Waals surface area contributed by atoms with Gasteiger partial charge in [0.15, 0.2) is 0 Å². The molecule has 1 saturated heterocycles. The van der Waals surface area contributed by atoms with Crippen molar-refractivity contribution in [3.63, 3.8) is 0 Å². The second-order valence-corrected chi connectivity index (χ2v) is 9.45. The Hall–Kier alpha value is -1.96. The Morgan fingerprint density at radius 1 is 1.23 bits per heavy atom. The zero-order valence-corrected chi connectivity index (χ0v) is 18.8. The number of hydrogen-bond acceptors (Lipinski definition) is 4. The van der Waals surface area contributed by atoms with Gasteiger partial charge in [0, 0.05) is 53.3 Å². The van der Waals surface area contributed by atoms with Gasteiger partial charge in [-0.05, 0) is 37.5 Å². The maximum absolute atomic E-state index is 12.4. The molecule has 3 rings (SSSR count). The minimum Gasteiger partial charge on any atom is -0.445 e. The lowest BCUT2D eigenvalue weighted by molar-refractivity contribution is 0.133. The third-order valence-electron chi connectivity index (χ3n) is 5.44. The summed E-state index contributed by atoms with van der Waals surface area (Å²) in [5.41, 5.74) is 1.40. The van der Waals surface area contributed by atoms with Crippen LogP contribution in [-0.2, 0) is 27.7 Å². The number of rotatable bonds is 8. The molecule has 0 bridgehead atoms. The van der Waals surface area contributed by atoms with E-state index in [1.54, 1.807) is 12.3 Å². The summed E-state index contributed by atoms with van der Waals surface area (Å²) in [7, 11) is -0.947. The van der Waals surface area contributed by atoms with Gasteiger partial charge in [-0.1, -0.05) is 42.8 Å². The minimum absolute atomic E-state index is 0.117. The summed E-state index contributed by atoms with van der Waals surface area (Å²) in [6.45, 7) is 3.99. The van der Waals surface area contributed by atoms with Gasteiger partial charge in [0.1, 0.15) is 6.61 Å². The van der Waals surface area contributed by atoms with Crippen molar-refractivity contribution < 1.29 is 13.7 Å². The van der Waals surface area contributed by atoms with Crippen molar-refractivity contribution in [2.45, 2.75) is 38.2 Å². The number of halogens is 1. The van der Waals surface area contributed by atoms with Crippen molar-refractivity contribution in [1.29, 1.82) is 0 Å². The normalized spacial score (nSPS) is 17.3. The Bertz CT molecular complexity index is 858. The fourth-order valence-corrected chi connectivity index (χ4v) is 5.06. The highest BCUT2D eigenvalue weighted by atomic mass is 35.5. The number of carbonyl (C=O) groups excluding carboxylic acids is 1. The van der Waals surface area contributed by atoms with E-state index < -0.39 is 17.1 Å². The molecule has 1 unspecified atom stereocenters. The number of nitrogens with zero attached hydrogens (tertiary/aromatic N) is 2. The van der Waals surface area contributed by atoms with Crippen LogP contribution in [0.3, 0.4) is 0 Å². The maximum Gasteiger partial charge on any atom is 0.407 e. The molecular formula is C22H28ClN3O3S. The van der Waals surface area contributed by atoms with Gasteiger partial charge < -0.3 is 10.1 Å². The third-order valence-corrected chi connectivity index (χ3v) is 7.51. The predicted octanol–water partition coefficient (Wildman–Crippen LogP) is 4.07. The smallest absolute Gasteiger partial charge is 0.407 e. The van der Waals surface area contributed by atoms with Gasteiger partial charge >= 0.3 is 6.09 Å². The Morgan fingerprint density at radius 3 is 2.63 bits per heavy atom. The number of nitrogens with one attached hydrogen (secondary N) is 1. The van der Waals surface area contributed by atoms with Crippen LogP contribution in [0.2, 0.25) is 5.02 Å². The molecule has 0 aliphatic carbocycles. The summed E-state index contributed by atoms with van der Waals surface area (Å²) in [5.74, 6) is 0.684. The van der Waals surface area contributed by atoms with Crippen LogP contribution in [0, 0.1) is 0 Å². The minimum atomic E-state index is -0.947. The van der Waals surface area contributed by atoms with Crippen molar-refractivity contribution in [1.82, 2.24) is 14.6 Å². The van der Waals surface area contributed by atoms with Crippen LogP contribution in [0.5, 0.6) is 0 Å². The van der Waals surface area contributed by atoms with Crippen molar-refractivity contribution in [2.24, 2.45) is 0 Å². The molecule has 2 heterocycles. The molecule has 1 aliphatic rings. The van der Waals surface area contributed by atoms with E-state index in [1.807, 2.05) is 47.6 Å².